The molecular formula is C8H8FNO. The van der Waals surface area contributed by atoms with Gasteiger partial charge < -0.3 is 5.11 Å². The van der Waals surface area contributed by atoms with E-state index in [-0.39, 0.29) is 12.4 Å². The Morgan fingerprint density at radius 2 is 2.45 bits per heavy atom. The van der Waals surface area contributed by atoms with Crippen LogP contribution in [0.15, 0.2) is 24.5 Å². The molecule has 0 fully saturated rings. The molecule has 0 radical (unpaired) electrons. The molecule has 1 aromatic rings. The van der Waals surface area contributed by atoms with E-state index in [9.17, 15) is 4.39 Å². The summed E-state index contributed by atoms with van der Waals surface area (Å²) in [5.41, 5.74) is 0.439. The molecule has 0 saturated carbocycles. The Kier molecular flexibility index (Phi) is 2.74. The molecule has 0 aliphatic rings. The van der Waals surface area contributed by atoms with Crippen molar-refractivity contribution in [2.24, 2.45) is 0 Å². The minimum absolute atomic E-state index is 0.0816. The van der Waals surface area contributed by atoms with Crippen molar-refractivity contribution in [1.29, 1.82) is 0 Å². The summed E-state index contributed by atoms with van der Waals surface area (Å²) in [5, 5.41) is 8.39. The fourth-order valence-corrected chi connectivity index (χ4v) is 0.701. The maximum Gasteiger partial charge on any atom is 0.148 e. The van der Waals surface area contributed by atoms with E-state index in [1.165, 1.54) is 18.3 Å². The number of aliphatic hydroxyl groups is 1. The first-order valence-electron chi connectivity index (χ1n) is 3.21. The molecule has 0 aliphatic heterocycles. The Morgan fingerprint density at radius 1 is 1.64 bits per heavy atom. The minimum atomic E-state index is -0.378. The van der Waals surface area contributed by atoms with Crippen molar-refractivity contribution in [2.45, 2.75) is 0 Å². The molecule has 1 aromatic heterocycles. The van der Waals surface area contributed by atoms with Gasteiger partial charge in [0.2, 0.25) is 0 Å². The molecule has 0 aromatic carbocycles. The van der Waals surface area contributed by atoms with Crippen LogP contribution < -0.4 is 0 Å². The number of nitrogens with zero attached hydrogens (tertiary/aromatic N) is 1. The highest BCUT2D eigenvalue weighted by Gasteiger charge is 1.94. The molecule has 58 valence electrons. The third kappa shape index (κ3) is 2.13. The highest BCUT2D eigenvalue weighted by Crippen LogP contribution is 2.05. The van der Waals surface area contributed by atoms with E-state index >= 15 is 0 Å². The Balaban J connectivity index is 2.86. The second kappa shape index (κ2) is 3.83. The second-order valence-corrected chi connectivity index (χ2v) is 1.98. The lowest BCUT2D eigenvalue weighted by Gasteiger charge is -1.92. The van der Waals surface area contributed by atoms with Crippen molar-refractivity contribution in [3.63, 3.8) is 0 Å². The van der Waals surface area contributed by atoms with Gasteiger partial charge in [0.1, 0.15) is 5.82 Å². The largest absolute Gasteiger partial charge is 0.392 e. The first-order valence-corrected chi connectivity index (χ1v) is 3.21. The highest BCUT2D eigenvalue weighted by molar-refractivity contribution is 5.48. The first-order chi connectivity index (χ1) is 5.34. The summed E-state index contributed by atoms with van der Waals surface area (Å²) in [6.45, 7) is -0.0816. The molecule has 1 N–H and O–H groups in total. The molecule has 0 unspecified atom stereocenters. The number of hydrogen-bond donors (Lipinski definition) is 1. The normalized spacial score (nSPS) is 10.7. The lowest BCUT2D eigenvalue weighted by atomic mass is 10.2. The van der Waals surface area contributed by atoms with Crippen LogP contribution in [0.5, 0.6) is 0 Å². The Labute approximate surface area is 64.0 Å². The topological polar surface area (TPSA) is 33.1 Å². The Bertz CT molecular complexity index is 260. The smallest absolute Gasteiger partial charge is 0.148 e. The van der Waals surface area contributed by atoms with Crippen molar-refractivity contribution in [1.82, 2.24) is 4.98 Å². The summed E-state index contributed by atoms with van der Waals surface area (Å²) in [4.78, 5) is 3.58. The van der Waals surface area contributed by atoms with Gasteiger partial charge >= 0.3 is 0 Å². The average molecular weight is 153 g/mol. The summed E-state index contributed by atoms with van der Waals surface area (Å²) < 4.78 is 12.7. The van der Waals surface area contributed by atoms with Gasteiger partial charge in [0.25, 0.3) is 0 Å². The molecule has 11 heavy (non-hydrogen) atoms. The number of pyridine rings is 1. The number of aliphatic hydroxyl groups excluding tert-OH is 1. The summed E-state index contributed by atoms with van der Waals surface area (Å²) in [5.74, 6) is -0.378. The molecule has 0 saturated heterocycles. The SMILES string of the molecule is OC/C=C/c1ccncc1F. The van der Waals surface area contributed by atoms with Gasteiger partial charge in [-0.2, -0.15) is 0 Å². The van der Waals surface area contributed by atoms with Gasteiger partial charge in [-0.3, -0.25) is 4.98 Å². The first kappa shape index (κ1) is 7.88. The lowest BCUT2D eigenvalue weighted by molar-refractivity contribution is 0.343. The zero-order valence-electron chi connectivity index (χ0n) is 5.87. The minimum Gasteiger partial charge on any atom is -0.392 e. The summed E-state index contributed by atoms with van der Waals surface area (Å²) in [6, 6.07) is 1.54. The van der Waals surface area contributed by atoms with E-state index in [0.717, 1.165) is 6.20 Å². The zero-order valence-corrected chi connectivity index (χ0v) is 5.87. The van der Waals surface area contributed by atoms with Crippen LogP contribution in [-0.2, 0) is 0 Å². The van der Waals surface area contributed by atoms with Crippen LogP contribution in [-0.4, -0.2) is 16.7 Å². The maximum atomic E-state index is 12.7. The third-order valence-corrected chi connectivity index (χ3v) is 1.21. The summed E-state index contributed by atoms with van der Waals surface area (Å²) in [6.07, 6.45) is 5.62. The van der Waals surface area contributed by atoms with Crippen molar-refractivity contribution < 1.29 is 9.50 Å². The van der Waals surface area contributed by atoms with Gasteiger partial charge in [-0.05, 0) is 6.07 Å². The van der Waals surface area contributed by atoms with E-state index in [1.807, 2.05) is 0 Å². The van der Waals surface area contributed by atoms with Crippen molar-refractivity contribution in [3.8, 4) is 0 Å². The zero-order chi connectivity index (χ0) is 8.10. The monoisotopic (exact) mass is 153 g/mol. The molecule has 0 spiro atoms. The van der Waals surface area contributed by atoms with E-state index < -0.39 is 0 Å². The van der Waals surface area contributed by atoms with E-state index in [1.54, 1.807) is 6.07 Å². The molecule has 0 amide bonds. The van der Waals surface area contributed by atoms with Crippen LogP contribution in [0.3, 0.4) is 0 Å². The number of rotatable bonds is 2. The molecule has 0 atom stereocenters. The molecule has 0 aliphatic carbocycles. The quantitative estimate of drug-likeness (QED) is 0.693. The van der Waals surface area contributed by atoms with Crippen LogP contribution in [0.25, 0.3) is 6.08 Å². The molecule has 0 bridgehead atoms. The molecule has 1 rings (SSSR count). The van der Waals surface area contributed by atoms with Gasteiger partial charge in [0.15, 0.2) is 0 Å². The van der Waals surface area contributed by atoms with E-state index in [0.29, 0.717) is 5.56 Å². The van der Waals surface area contributed by atoms with Crippen LogP contribution in [0, 0.1) is 5.82 Å². The summed E-state index contributed by atoms with van der Waals surface area (Å²) in [7, 11) is 0. The molecule has 1 heterocycles. The predicted molar refractivity (Wildman–Crippen MR) is 40.3 cm³/mol. The predicted octanol–water partition coefficient (Wildman–Crippen LogP) is 1.23. The van der Waals surface area contributed by atoms with Crippen molar-refractivity contribution in [3.05, 3.63) is 35.9 Å². The second-order valence-electron chi connectivity index (χ2n) is 1.98. The fourth-order valence-electron chi connectivity index (χ4n) is 0.701. The van der Waals surface area contributed by atoms with Crippen molar-refractivity contribution in [2.75, 3.05) is 6.61 Å². The van der Waals surface area contributed by atoms with E-state index in [4.69, 9.17) is 5.11 Å². The fraction of sp³-hybridized carbons (Fsp3) is 0.125. The van der Waals surface area contributed by atoms with Crippen LogP contribution in [0.1, 0.15) is 5.56 Å². The third-order valence-electron chi connectivity index (χ3n) is 1.21. The van der Waals surface area contributed by atoms with Crippen LogP contribution >= 0.6 is 0 Å². The standard InChI is InChI=1S/C8H8FNO/c9-8-6-10-4-3-7(8)2-1-5-11/h1-4,6,11H,5H2/b2-1+. The molecular weight excluding hydrogens is 145 g/mol. The van der Waals surface area contributed by atoms with Gasteiger partial charge in [0, 0.05) is 11.8 Å². The lowest BCUT2D eigenvalue weighted by Crippen LogP contribution is -1.83. The average Bonchev–Trinajstić information content (AvgIpc) is 2.03. The Hall–Kier alpha value is -1.22. The van der Waals surface area contributed by atoms with Gasteiger partial charge in [-0.15, -0.1) is 0 Å². The molecule has 3 heteroatoms. The van der Waals surface area contributed by atoms with Crippen LogP contribution in [0.4, 0.5) is 4.39 Å². The van der Waals surface area contributed by atoms with Crippen LogP contribution in [0.2, 0.25) is 0 Å². The number of hydrogen-bond acceptors (Lipinski definition) is 2. The maximum absolute atomic E-state index is 12.7. The highest BCUT2D eigenvalue weighted by atomic mass is 19.1. The number of halogens is 1. The van der Waals surface area contributed by atoms with Gasteiger partial charge in [-0.25, -0.2) is 4.39 Å². The van der Waals surface area contributed by atoms with Gasteiger partial charge in [-0.1, -0.05) is 12.2 Å². The number of aromatic nitrogens is 1. The summed E-state index contributed by atoms with van der Waals surface area (Å²) >= 11 is 0. The van der Waals surface area contributed by atoms with Gasteiger partial charge in [0.05, 0.1) is 12.8 Å². The Morgan fingerprint density at radius 3 is 3.09 bits per heavy atom. The van der Waals surface area contributed by atoms with Crippen molar-refractivity contribution >= 4 is 6.08 Å². The molecule has 2 nitrogen and oxygen atoms in total. The van der Waals surface area contributed by atoms with E-state index in [2.05, 4.69) is 4.98 Å².